The lowest BCUT2D eigenvalue weighted by Crippen LogP contribution is -2.46. The number of rotatable bonds is 5. The molecule has 0 N–H and O–H groups in total. The highest BCUT2D eigenvalue weighted by atomic mass is 35.5. The Labute approximate surface area is 101 Å². The molecular formula is C12H18ClNO2. The summed E-state index contributed by atoms with van der Waals surface area (Å²) in [6, 6.07) is 3.70. The maximum atomic E-state index is 11.9. The van der Waals surface area contributed by atoms with Crippen LogP contribution in [0.2, 0.25) is 0 Å². The smallest absolute Gasteiger partial charge is 0.223 e. The van der Waals surface area contributed by atoms with Crippen molar-refractivity contribution in [2.24, 2.45) is 0 Å². The first-order valence-electron chi connectivity index (χ1n) is 5.32. The Morgan fingerprint density at radius 1 is 1.56 bits per heavy atom. The van der Waals surface area contributed by atoms with Gasteiger partial charge in [0.15, 0.2) is 0 Å². The van der Waals surface area contributed by atoms with Crippen LogP contribution < -0.4 is 0 Å². The summed E-state index contributed by atoms with van der Waals surface area (Å²) in [7, 11) is 1.78. The molecule has 0 aliphatic heterocycles. The fraction of sp³-hybridized carbons (Fsp3) is 0.583. The summed E-state index contributed by atoms with van der Waals surface area (Å²) in [6.45, 7) is 3.90. The molecule has 0 atom stereocenters. The van der Waals surface area contributed by atoms with Gasteiger partial charge >= 0.3 is 0 Å². The van der Waals surface area contributed by atoms with E-state index in [1.807, 2.05) is 26.0 Å². The number of nitrogens with zero attached hydrogens (tertiary/aromatic N) is 1. The molecule has 1 aromatic heterocycles. The Kier molecular flexibility index (Phi) is 4.42. The highest BCUT2D eigenvalue weighted by Gasteiger charge is 2.26. The normalized spacial score (nSPS) is 11.5. The molecule has 0 fully saturated rings. The zero-order valence-electron chi connectivity index (χ0n) is 10.00. The summed E-state index contributed by atoms with van der Waals surface area (Å²) in [4.78, 5) is 13.6. The molecule has 0 bridgehead atoms. The number of aryl methyl sites for hydroxylation is 1. The van der Waals surface area contributed by atoms with E-state index in [-0.39, 0.29) is 11.4 Å². The number of carbonyl (C=O) groups excluding carboxylic acids is 1. The molecule has 1 amide bonds. The molecule has 0 aliphatic carbocycles. The van der Waals surface area contributed by atoms with E-state index in [2.05, 4.69) is 0 Å². The number of alkyl halides is 1. The minimum atomic E-state index is -0.304. The molecule has 0 aromatic carbocycles. The van der Waals surface area contributed by atoms with E-state index in [9.17, 15) is 4.79 Å². The Hall–Kier alpha value is -0.960. The van der Waals surface area contributed by atoms with Crippen molar-refractivity contribution in [1.29, 1.82) is 0 Å². The molecule has 0 aliphatic rings. The van der Waals surface area contributed by atoms with Crippen molar-refractivity contribution in [3.05, 3.63) is 24.2 Å². The molecule has 90 valence electrons. The fourth-order valence-corrected chi connectivity index (χ4v) is 1.46. The van der Waals surface area contributed by atoms with Crippen LogP contribution in [0.3, 0.4) is 0 Å². The van der Waals surface area contributed by atoms with Gasteiger partial charge < -0.3 is 9.32 Å². The maximum Gasteiger partial charge on any atom is 0.223 e. The second-order valence-corrected chi connectivity index (χ2v) is 4.75. The molecule has 0 radical (unpaired) electrons. The van der Waals surface area contributed by atoms with Gasteiger partial charge in [-0.3, -0.25) is 4.79 Å². The lowest BCUT2D eigenvalue weighted by Gasteiger charge is -2.33. The summed E-state index contributed by atoms with van der Waals surface area (Å²) >= 11 is 5.82. The topological polar surface area (TPSA) is 33.5 Å². The van der Waals surface area contributed by atoms with Crippen LogP contribution in [0.1, 0.15) is 26.0 Å². The number of hydrogen-bond donors (Lipinski definition) is 0. The molecule has 0 spiro atoms. The van der Waals surface area contributed by atoms with Crippen molar-refractivity contribution in [3.63, 3.8) is 0 Å². The molecular weight excluding hydrogens is 226 g/mol. The average molecular weight is 244 g/mol. The third-order valence-corrected chi connectivity index (χ3v) is 3.43. The van der Waals surface area contributed by atoms with E-state index in [1.165, 1.54) is 0 Å². The van der Waals surface area contributed by atoms with Crippen molar-refractivity contribution >= 4 is 17.5 Å². The van der Waals surface area contributed by atoms with Crippen molar-refractivity contribution < 1.29 is 9.21 Å². The zero-order valence-corrected chi connectivity index (χ0v) is 10.8. The Balaban J connectivity index is 2.46. The van der Waals surface area contributed by atoms with Gasteiger partial charge in [-0.1, -0.05) is 0 Å². The number of halogens is 1. The first-order valence-corrected chi connectivity index (χ1v) is 5.86. The standard InChI is InChI=1S/C12H18ClNO2/c1-12(2,9-13)14(3)11(15)7-6-10-5-4-8-16-10/h4-5,8H,6-7,9H2,1-3H3. The Morgan fingerprint density at radius 2 is 2.25 bits per heavy atom. The minimum absolute atomic E-state index is 0.0852. The molecule has 0 saturated heterocycles. The third-order valence-electron chi connectivity index (χ3n) is 2.77. The predicted molar refractivity (Wildman–Crippen MR) is 64.6 cm³/mol. The van der Waals surface area contributed by atoms with E-state index in [0.29, 0.717) is 18.7 Å². The summed E-state index contributed by atoms with van der Waals surface area (Å²) in [5, 5.41) is 0. The molecule has 4 heteroatoms. The first-order chi connectivity index (χ1) is 7.47. The fourth-order valence-electron chi connectivity index (χ4n) is 1.28. The maximum absolute atomic E-state index is 11.9. The molecule has 1 rings (SSSR count). The number of amides is 1. The van der Waals surface area contributed by atoms with Crippen LogP contribution in [0.4, 0.5) is 0 Å². The van der Waals surface area contributed by atoms with Gasteiger partial charge in [0.25, 0.3) is 0 Å². The van der Waals surface area contributed by atoms with Crippen molar-refractivity contribution in [1.82, 2.24) is 4.90 Å². The molecule has 0 saturated carbocycles. The average Bonchev–Trinajstić information content (AvgIpc) is 2.77. The van der Waals surface area contributed by atoms with Gasteiger partial charge in [0.1, 0.15) is 5.76 Å². The number of furan rings is 1. The van der Waals surface area contributed by atoms with Gasteiger partial charge in [-0.05, 0) is 26.0 Å². The quantitative estimate of drug-likeness (QED) is 0.745. The van der Waals surface area contributed by atoms with Gasteiger partial charge in [-0.15, -0.1) is 11.6 Å². The summed E-state index contributed by atoms with van der Waals surface area (Å²) in [6.07, 6.45) is 2.70. The van der Waals surface area contributed by atoms with Crippen LogP contribution in [0, 0.1) is 0 Å². The lowest BCUT2D eigenvalue weighted by molar-refractivity contribution is -0.133. The number of hydrogen-bond acceptors (Lipinski definition) is 2. The minimum Gasteiger partial charge on any atom is -0.469 e. The predicted octanol–water partition coefficient (Wildman–Crippen LogP) is 2.69. The largest absolute Gasteiger partial charge is 0.469 e. The first kappa shape index (κ1) is 13.1. The highest BCUT2D eigenvalue weighted by Crippen LogP contribution is 2.16. The van der Waals surface area contributed by atoms with E-state index in [4.69, 9.17) is 16.0 Å². The molecule has 1 aromatic rings. The highest BCUT2D eigenvalue weighted by molar-refractivity contribution is 6.18. The van der Waals surface area contributed by atoms with Crippen LogP contribution in [-0.4, -0.2) is 29.3 Å². The van der Waals surface area contributed by atoms with Gasteiger partial charge in [-0.2, -0.15) is 0 Å². The Bertz CT molecular complexity index is 333. The van der Waals surface area contributed by atoms with Crippen LogP contribution in [0.25, 0.3) is 0 Å². The molecule has 3 nitrogen and oxygen atoms in total. The summed E-state index contributed by atoms with van der Waals surface area (Å²) < 4.78 is 5.18. The van der Waals surface area contributed by atoms with Gasteiger partial charge in [-0.25, -0.2) is 0 Å². The van der Waals surface area contributed by atoms with E-state index < -0.39 is 0 Å². The molecule has 1 heterocycles. The van der Waals surface area contributed by atoms with Gasteiger partial charge in [0, 0.05) is 25.8 Å². The van der Waals surface area contributed by atoms with E-state index in [1.54, 1.807) is 18.2 Å². The van der Waals surface area contributed by atoms with Crippen LogP contribution in [0.5, 0.6) is 0 Å². The van der Waals surface area contributed by atoms with Gasteiger partial charge in [0.05, 0.1) is 11.8 Å². The Morgan fingerprint density at radius 3 is 2.75 bits per heavy atom. The third kappa shape index (κ3) is 3.27. The van der Waals surface area contributed by atoms with Gasteiger partial charge in [0.2, 0.25) is 5.91 Å². The second kappa shape index (κ2) is 5.39. The van der Waals surface area contributed by atoms with Crippen LogP contribution >= 0.6 is 11.6 Å². The molecule has 0 unspecified atom stereocenters. The second-order valence-electron chi connectivity index (χ2n) is 4.48. The summed E-state index contributed by atoms with van der Waals surface area (Å²) in [5.41, 5.74) is -0.304. The van der Waals surface area contributed by atoms with Crippen molar-refractivity contribution in [2.45, 2.75) is 32.2 Å². The SMILES string of the molecule is CN(C(=O)CCc1ccco1)C(C)(C)CCl. The number of carbonyl (C=O) groups is 1. The van der Waals surface area contributed by atoms with Crippen LogP contribution in [0.15, 0.2) is 22.8 Å². The van der Waals surface area contributed by atoms with Crippen LogP contribution in [-0.2, 0) is 11.2 Å². The zero-order chi connectivity index (χ0) is 12.2. The van der Waals surface area contributed by atoms with E-state index >= 15 is 0 Å². The monoisotopic (exact) mass is 243 g/mol. The van der Waals surface area contributed by atoms with Crippen molar-refractivity contribution in [2.75, 3.05) is 12.9 Å². The summed E-state index contributed by atoms with van der Waals surface area (Å²) in [5.74, 6) is 1.35. The molecule has 16 heavy (non-hydrogen) atoms. The van der Waals surface area contributed by atoms with E-state index in [0.717, 1.165) is 5.76 Å². The van der Waals surface area contributed by atoms with Crippen molar-refractivity contribution in [3.8, 4) is 0 Å². The lowest BCUT2D eigenvalue weighted by atomic mass is 10.1.